The van der Waals surface area contributed by atoms with Gasteiger partial charge in [0, 0.05) is 37.8 Å². The van der Waals surface area contributed by atoms with Crippen molar-refractivity contribution in [3.8, 4) is 0 Å². The molecule has 0 aromatic heterocycles. The molecule has 2 bridgehead atoms. The van der Waals surface area contributed by atoms with Gasteiger partial charge in [0.2, 0.25) is 0 Å². The molecule has 0 N–H and O–H groups in total. The number of carbonyl (C=O) groups is 1. The molecule has 4 rings (SSSR count). The first-order valence-electron chi connectivity index (χ1n) is 8.49. The summed E-state index contributed by atoms with van der Waals surface area (Å²) in [6, 6.07) is 6.65. The van der Waals surface area contributed by atoms with Crippen molar-refractivity contribution < 1.29 is 9.18 Å². The van der Waals surface area contributed by atoms with Gasteiger partial charge >= 0.3 is 0 Å². The minimum Gasteiger partial charge on any atom is -0.336 e. The fourth-order valence-electron chi connectivity index (χ4n) is 4.69. The minimum atomic E-state index is -0.294. The van der Waals surface area contributed by atoms with Crippen molar-refractivity contribution >= 4 is 5.91 Å². The Labute approximate surface area is 131 Å². The normalized spacial score (nSPS) is 31.7. The monoisotopic (exact) mass is 302 g/mol. The summed E-state index contributed by atoms with van der Waals surface area (Å²) in [5, 5.41) is 0. The average Bonchev–Trinajstić information content (AvgIpc) is 3.18. The van der Waals surface area contributed by atoms with Gasteiger partial charge in [-0.15, -0.1) is 0 Å². The van der Waals surface area contributed by atoms with E-state index in [0.29, 0.717) is 5.56 Å². The van der Waals surface area contributed by atoms with Crippen LogP contribution in [-0.2, 0) is 0 Å². The first-order valence-corrected chi connectivity index (χ1v) is 8.49. The lowest BCUT2D eigenvalue weighted by Crippen LogP contribution is -2.53. The molecule has 22 heavy (non-hydrogen) atoms. The number of hydrogen-bond acceptors (Lipinski definition) is 2. The minimum absolute atomic E-state index is 0.0348. The maximum absolute atomic E-state index is 13.0. The highest BCUT2D eigenvalue weighted by atomic mass is 19.1. The lowest BCUT2D eigenvalue weighted by molar-refractivity contribution is 0.0496. The van der Waals surface area contributed by atoms with Gasteiger partial charge in [-0.05, 0) is 55.4 Å². The summed E-state index contributed by atoms with van der Waals surface area (Å²) >= 11 is 0. The highest BCUT2D eigenvalue weighted by molar-refractivity contribution is 5.94. The van der Waals surface area contributed by atoms with Gasteiger partial charge in [-0.3, -0.25) is 9.69 Å². The van der Waals surface area contributed by atoms with Crippen LogP contribution in [-0.4, -0.2) is 47.9 Å². The standard InChI is InChI=1S/C18H23FN2O/c19-16-5-3-14(4-6-16)18(22)21-9-7-20(8-10-21)17-12-13-1-2-15(17)11-13/h3-6,13,15,17H,1-2,7-12H2/t13-,15-,17+/m0/s1. The molecular weight excluding hydrogens is 279 g/mol. The molecule has 0 spiro atoms. The van der Waals surface area contributed by atoms with E-state index in [1.807, 2.05) is 4.90 Å². The summed E-state index contributed by atoms with van der Waals surface area (Å²) in [5.74, 6) is 1.61. The first kappa shape index (κ1) is 14.2. The van der Waals surface area contributed by atoms with Gasteiger partial charge in [-0.2, -0.15) is 0 Å². The second kappa shape index (κ2) is 5.65. The van der Waals surface area contributed by atoms with Crippen LogP contribution < -0.4 is 0 Å². The van der Waals surface area contributed by atoms with E-state index in [9.17, 15) is 9.18 Å². The number of amides is 1. The van der Waals surface area contributed by atoms with E-state index in [-0.39, 0.29) is 11.7 Å². The fraction of sp³-hybridized carbons (Fsp3) is 0.611. The largest absolute Gasteiger partial charge is 0.336 e. The van der Waals surface area contributed by atoms with Gasteiger partial charge in [0.15, 0.2) is 0 Å². The van der Waals surface area contributed by atoms with Gasteiger partial charge in [-0.1, -0.05) is 6.42 Å². The second-order valence-corrected chi connectivity index (χ2v) is 7.08. The molecule has 1 amide bonds. The van der Waals surface area contributed by atoms with E-state index < -0.39 is 0 Å². The number of nitrogens with zero attached hydrogens (tertiary/aromatic N) is 2. The number of benzene rings is 1. The number of hydrogen-bond donors (Lipinski definition) is 0. The van der Waals surface area contributed by atoms with Crippen molar-refractivity contribution in [2.24, 2.45) is 11.8 Å². The summed E-state index contributed by atoms with van der Waals surface area (Å²) in [4.78, 5) is 17.0. The van der Waals surface area contributed by atoms with E-state index in [1.165, 1.54) is 37.8 Å². The van der Waals surface area contributed by atoms with Crippen LogP contribution >= 0.6 is 0 Å². The van der Waals surface area contributed by atoms with Crippen LogP contribution in [0.1, 0.15) is 36.0 Å². The third-order valence-electron chi connectivity index (χ3n) is 5.86. The number of carbonyl (C=O) groups excluding carboxylic acids is 1. The molecule has 3 nitrogen and oxygen atoms in total. The van der Waals surface area contributed by atoms with E-state index >= 15 is 0 Å². The topological polar surface area (TPSA) is 23.6 Å². The Morgan fingerprint density at radius 2 is 1.73 bits per heavy atom. The summed E-state index contributed by atoms with van der Waals surface area (Å²) in [7, 11) is 0. The average molecular weight is 302 g/mol. The molecule has 0 unspecified atom stereocenters. The quantitative estimate of drug-likeness (QED) is 0.839. The van der Waals surface area contributed by atoms with Crippen LogP contribution in [0.5, 0.6) is 0 Å². The molecule has 2 aliphatic carbocycles. The first-order chi connectivity index (χ1) is 10.7. The van der Waals surface area contributed by atoms with E-state index in [2.05, 4.69) is 4.90 Å². The van der Waals surface area contributed by atoms with Crippen molar-refractivity contribution in [3.05, 3.63) is 35.6 Å². The zero-order valence-corrected chi connectivity index (χ0v) is 12.9. The van der Waals surface area contributed by atoms with Crippen molar-refractivity contribution in [2.45, 2.75) is 31.7 Å². The Bertz CT molecular complexity index is 551. The maximum atomic E-state index is 13.0. The van der Waals surface area contributed by atoms with Gasteiger partial charge in [0.25, 0.3) is 5.91 Å². The Morgan fingerprint density at radius 1 is 1.00 bits per heavy atom. The highest BCUT2D eigenvalue weighted by Crippen LogP contribution is 2.46. The number of fused-ring (bicyclic) bond motifs is 2. The molecule has 1 heterocycles. The van der Waals surface area contributed by atoms with E-state index in [1.54, 1.807) is 12.1 Å². The van der Waals surface area contributed by atoms with Crippen LogP contribution in [0.3, 0.4) is 0 Å². The van der Waals surface area contributed by atoms with Gasteiger partial charge in [0.05, 0.1) is 0 Å². The van der Waals surface area contributed by atoms with Gasteiger partial charge in [0.1, 0.15) is 5.82 Å². The maximum Gasteiger partial charge on any atom is 0.253 e. The molecule has 3 fully saturated rings. The Morgan fingerprint density at radius 3 is 2.32 bits per heavy atom. The molecule has 3 aliphatic rings. The lowest BCUT2D eigenvalue weighted by atomic mass is 9.93. The molecule has 1 aliphatic heterocycles. The lowest BCUT2D eigenvalue weighted by Gasteiger charge is -2.41. The number of halogens is 1. The molecule has 4 heteroatoms. The van der Waals surface area contributed by atoms with Crippen molar-refractivity contribution in [1.29, 1.82) is 0 Å². The molecule has 118 valence electrons. The predicted octanol–water partition coefficient (Wildman–Crippen LogP) is 2.77. The van der Waals surface area contributed by atoms with Crippen molar-refractivity contribution in [1.82, 2.24) is 9.80 Å². The summed E-state index contributed by atoms with van der Waals surface area (Å²) in [6.45, 7) is 3.57. The zero-order valence-electron chi connectivity index (χ0n) is 12.9. The van der Waals surface area contributed by atoms with Crippen LogP contribution in [0, 0.1) is 17.7 Å². The van der Waals surface area contributed by atoms with Gasteiger partial charge in [-0.25, -0.2) is 4.39 Å². The molecular formula is C18H23FN2O. The van der Waals surface area contributed by atoms with Crippen molar-refractivity contribution in [3.63, 3.8) is 0 Å². The van der Waals surface area contributed by atoms with Crippen LogP contribution in [0.25, 0.3) is 0 Å². The molecule has 1 aromatic carbocycles. The molecule has 1 aromatic rings. The SMILES string of the molecule is O=C(c1ccc(F)cc1)N1CCN([C@@H]2C[C@H]3CC[C@H]2C3)CC1. The fourth-order valence-corrected chi connectivity index (χ4v) is 4.69. The Balaban J connectivity index is 1.35. The second-order valence-electron chi connectivity index (χ2n) is 7.08. The van der Waals surface area contributed by atoms with Crippen LogP contribution in [0.4, 0.5) is 4.39 Å². The zero-order chi connectivity index (χ0) is 15.1. The third-order valence-corrected chi connectivity index (χ3v) is 5.86. The number of piperazine rings is 1. The summed E-state index contributed by atoms with van der Waals surface area (Å²) in [5.41, 5.74) is 0.592. The van der Waals surface area contributed by atoms with E-state index in [4.69, 9.17) is 0 Å². The predicted molar refractivity (Wildman–Crippen MR) is 83.1 cm³/mol. The van der Waals surface area contributed by atoms with Crippen molar-refractivity contribution in [2.75, 3.05) is 26.2 Å². The third kappa shape index (κ3) is 2.54. The van der Waals surface area contributed by atoms with Crippen LogP contribution in [0.15, 0.2) is 24.3 Å². The van der Waals surface area contributed by atoms with Gasteiger partial charge < -0.3 is 4.90 Å². The van der Waals surface area contributed by atoms with Crippen LogP contribution in [0.2, 0.25) is 0 Å². The number of rotatable bonds is 2. The van der Waals surface area contributed by atoms with E-state index in [0.717, 1.165) is 44.1 Å². The smallest absolute Gasteiger partial charge is 0.253 e. The molecule has 1 saturated heterocycles. The summed E-state index contributed by atoms with van der Waals surface area (Å²) < 4.78 is 13.0. The molecule has 2 saturated carbocycles. The highest BCUT2D eigenvalue weighted by Gasteiger charge is 2.42. The molecule has 0 radical (unpaired) electrons. The molecule has 3 atom stereocenters. The summed E-state index contributed by atoms with van der Waals surface area (Å²) in [6.07, 6.45) is 5.64. The Kier molecular flexibility index (Phi) is 3.65. The Hall–Kier alpha value is -1.42.